The Balaban J connectivity index is 2.17. The smallest absolute Gasteiger partial charge is 0.148 e. The van der Waals surface area contributed by atoms with Crippen molar-refractivity contribution in [2.24, 2.45) is 0 Å². The summed E-state index contributed by atoms with van der Waals surface area (Å²) in [4.78, 5) is 0. The van der Waals surface area contributed by atoms with Crippen LogP contribution in [-0.4, -0.2) is 0 Å². The molecule has 0 bridgehead atoms. The summed E-state index contributed by atoms with van der Waals surface area (Å²) in [6, 6.07) is 13.3. The lowest BCUT2D eigenvalue weighted by Crippen LogP contribution is -1.98. The van der Waals surface area contributed by atoms with Gasteiger partial charge in [-0.2, -0.15) is 5.26 Å². The summed E-state index contributed by atoms with van der Waals surface area (Å²) in [5.41, 5.74) is 2.58. The predicted octanol–water partition coefficient (Wildman–Crippen LogP) is 5.40. The second-order valence-corrected chi connectivity index (χ2v) is 6.10. The molecule has 0 heterocycles. The quantitative estimate of drug-likeness (QED) is 0.627. The molecule has 2 nitrogen and oxygen atoms in total. The standard InChI is InChI=1S/C15H10Br2ClNO/c16-13-5-12(7-18)6-14(17)15(13)20-9-11-3-1-2-10(4-11)8-19/h1-6H,7,9H2. The van der Waals surface area contributed by atoms with Crippen LogP contribution in [0.25, 0.3) is 0 Å². The molecule has 2 aromatic carbocycles. The van der Waals surface area contributed by atoms with Crippen molar-refractivity contribution < 1.29 is 4.74 Å². The van der Waals surface area contributed by atoms with Crippen molar-refractivity contribution in [1.29, 1.82) is 5.26 Å². The molecule has 0 aromatic heterocycles. The predicted molar refractivity (Wildman–Crippen MR) is 86.9 cm³/mol. The van der Waals surface area contributed by atoms with Crippen molar-refractivity contribution in [1.82, 2.24) is 0 Å². The molecule has 0 unspecified atom stereocenters. The monoisotopic (exact) mass is 413 g/mol. The number of ether oxygens (including phenoxy) is 1. The van der Waals surface area contributed by atoms with Gasteiger partial charge in [-0.3, -0.25) is 0 Å². The zero-order valence-corrected chi connectivity index (χ0v) is 14.3. The molecule has 102 valence electrons. The van der Waals surface area contributed by atoms with Gasteiger partial charge in [-0.1, -0.05) is 12.1 Å². The fourth-order valence-corrected chi connectivity index (χ4v) is 3.38. The molecular formula is C15H10Br2ClNO. The number of nitrogens with zero attached hydrogens (tertiary/aromatic N) is 1. The van der Waals surface area contributed by atoms with Crippen LogP contribution in [0, 0.1) is 11.3 Å². The third kappa shape index (κ3) is 3.76. The lowest BCUT2D eigenvalue weighted by molar-refractivity contribution is 0.302. The highest BCUT2D eigenvalue weighted by Crippen LogP contribution is 2.35. The molecule has 0 atom stereocenters. The number of halogens is 3. The maximum Gasteiger partial charge on any atom is 0.148 e. The van der Waals surface area contributed by atoms with Gasteiger partial charge in [-0.25, -0.2) is 0 Å². The minimum absolute atomic E-state index is 0.396. The normalized spacial score (nSPS) is 10.1. The maximum atomic E-state index is 8.87. The number of nitriles is 1. The van der Waals surface area contributed by atoms with E-state index in [1.807, 2.05) is 30.3 Å². The maximum absolute atomic E-state index is 8.87. The highest BCUT2D eigenvalue weighted by molar-refractivity contribution is 9.11. The second-order valence-electron chi connectivity index (χ2n) is 4.12. The molecule has 0 N–H and O–H groups in total. The highest BCUT2D eigenvalue weighted by Gasteiger charge is 2.09. The van der Waals surface area contributed by atoms with E-state index in [0.29, 0.717) is 18.1 Å². The molecule has 0 spiro atoms. The lowest BCUT2D eigenvalue weighted by atomic mass is 10.1. The van der Waals surface area contributed by atoms with Crippen molar-refractivity contribution in [3.8, 4) is 11.8 Å². The van der Waals surface area contributed by atoms with Crippen LogP contribution in [0.5, 0.6) is 5.75 Å². The first-order valence-corrected chi connectivity index (χ1v) is 7.92. The third-order valence-corrected chi connectivity index (χ3v) is 4.14. The summed E-state index contributed by atoms with van der Waals surface area (Å²) in [7, 11) is 0. The average Bonchev–Trinajstić information content (AvgIpc) is 2.46. The molecule has 5 heteroatoms. The number of alkyl halides is 1. The molecule has 0 amide bonds. The summed E-state index contributed by atoms with van der Waals surface area (Å²) < 4.78 is 7.50. The molecule has 0 aliphatic heterocycles. The van der Waals surface area contributed by atoms with E-state index in [-0.39, 0.29) is 0 Å². The zero-order chi connectivity index (χ0) is 14.5. The first kappa shape index (κ1) is 15.4. The van der Waals surface area contributed by atoms with E-state index in [2.05, 4.69) is 37.9 Å². The molecule has 0 fully saturated rings. The van der Waals surface area contributed by atoms with E-state index in [1.165, 1.54) is 0 Å². The van der Waals surface area contributed by atoms with Crippen molar-refractivity contribution >= 4 is 43.5 Å². The first-order valence-electron chi connectivity index (χ1n) is 5.79. The summed E-state index contributed by atoms with van der Waals surface area (Å²) in [6.07, 6.45) is 0. The fourth-order valence-electron chi connectivity index (χ4n) is 1.71. The van der Waals surface area contributed by atoms with Crippen LogP contribution in [0.2, 0.25) is 0 Å². The third-order valence-electron chi connectivity index (χ3n) is 2.65. The number of hydrogen-bond acceptors (Lipinski definition) is 2. The van der Waals surface area contributed by atoms with Crippen molar-refractivity contribution in [2.45, 2.75) is 12.5 Å². The van der Waals surface area contributed by atoms with Gasteiger partial charge in [0.25, 0.3) is 0 Å². The molecule has 0 saturated heterocycles. The summed E-state index contributed by atoms with van der Waals surface area (Å²) >= 11 is 12.8. The van der Waals surface area contributed by atoms with E-state index in [4.69, 9.17) is 21.6 Å². The summed E-state index contributed by atoms with van der Waals surface area (Å²) in [6.45, 7) is 0.396. The van der Waals surface area contributed by atoms with E-state index in [1.54, 1.807) is 6.07 Å². The van der Waals surface area contributed by atoms with Crippen LogP contribution in [0.4, 0.5) is 0 Å². The van der Waals surface area contributed by atoms with Crippen LogP contribution >= 0.6 is 43.5 Å². The van der Waals surface area contributed by atoms with Crippen molar-refractivity contribution in [3.63, 3.8) is 0 Å². The van der Waals surface area contributed by atoms with Crippen molar-refractivity contribution in [2.75, 3.05) is 0 Å². The van der Waals surface area contributed by atoms with E-state index < -0.39 is 0 Å². The Kier molecular flexibility index (Phi) is 5.47. The summed E-state index contributed by atoms with van der Waals surface area (Å²) in [5, 5.41) is 8.87. The van der Waals surface area contributed by atoms with Crippen LogP contribution in [0.15, 0.2) is 45.3 Å². The van der Waals surface area contributed by atoms with Crippen LogP contribution in [-0.2, 0) is 12.5 Å². The minimum Gasteiger partial charge on any atom is -0.487 e. The Morgan fingerprint density at radius 1 is 1.10 bits per heavy atom. The molecule has 0 radical (unpaired) electrons. The summed E-state index contributed by atoms with van der Waals surface area (Å²) in [5.74, 6) is 1.17. The number of rotatable bonds is 4. The van der Waals surface area contributed by atoms with E-state index >= 15 is 0 Å². The van der Waals surface area contributed by atoms with Gasteiger partial charge in [-0.15, -0.1) is 11.6 Å². The van der Waals surface area contributed by atoms with Gasteiger partial charge < -0.3 is 4.74 Å². The van der Waals surface area contributed by atoms with Gasteiger partial charge in [0.2, 0.25) is 0 Å². The Morgan fingerprint density at radius 3 is 2.40 bits per heavy atom. The van der Waals surface area contributed by atoms with Gasteiger partial charge in [0.15, 0.2) is 0 Å². The van der Waals surface area contributed by atoms with Gasteiger partial charge in [0.1, 0.15) is 12.4 Å². The zero-order valence-electron chi connectivity index (χ0n) is 10.4. The molecule has 0 aliphatic carbocycles. The van der Waals surface area contributed by atoms with Crippen LogP contribution in [0.3, 0.4) is 0 Å². The fraction of sp³-hybridized carbons (Fsp3) is 0.133. The van der Waals surface area contributed by atoms with Gasteiger partial charge in [0, 0.05) is 5.88 Å². The first-order chi connectivity index (χ1) is 9.63. The van der Waals surface area contributed by atoms with Crippen molar-refractivity contribution in [3.05, 3.63) is 62.0 Å². The largest absolute Gasteiger partial charge is 0.487 e. The van der Waals surface area contributed by atoms with E-state index in [9.17, 15) is 0 Å². The minimum atomic E-state index is 0.396. The number of benzene rings is 2. The Bertz CT molecular complexity index is 644. The molecule has 0 saturated carbocycles. The van der Waals surface area contributed by atoms with Gasteiger partial charge in [0.05, 0.1) is 20.6 Å². The lowest BCUT2D eigenvalue weighted by Gasteiger charge is -2.12. The van der Waals surface area contributed by atoms with Crippen LogP contribution in [0.1, 0.15) is 16.7 Å². The van der Waals surface area contributed by atoms with Gasteiger partial charge in [-0.05, 0) is 67.3 Å². The SMILES string of the molecule is N#Cc1cccc(COc2c(Br)cc(CCl)cc2Br)c1. The average molecular weight is 416 g/mol. The van der Waals surface area contributed by atoms with Crippen LogP contribution < -0.4 is 4.74 Å². The number of hydrogen-bond donors (Lipinski definition) is 0. The van der Waals surface area contributed by atoms with E-state index in [0.717, 1.165) is 25.8 Å². The topological polar surface area (TPSA) is 33.0 Å². The van der Waals surface area contributed by atoms with Gasteiger partial charge >= 0.3 is 0 Å². The highest BCUT2D eigenvalue weighted by atomic mass is 79.9. The molecule has 0 aliphatic rings. The Hall–Kier alpha value is -1.02. The Labute approximate surface area is 139 Å². The molecule has 20 heavy (non-hydrogen) atoms. The molecule has 2 aromatic rings. The molecule has 2 rings (SSSR count). The second kappa shape index (κ2) is 7.12. The molecular weight excluding hydrogens is 405 g/mol. The Morgan fingerprint density at radius 2 is 1.80 bits per heavy atom.